The largest absolute Gasteiger partial charge is 0.494 e. The number of nitrogens with zero attached hydrogens (tertiary/aromatic N) is 4. The monoisotopic (exact) mass is 634 g/mol. The maximum Gasteiger partial charge on any atom is 0.250 e. The summed E-state index contributed by atoms with van der Waals surface area (Å²) in [5.41, 5.74) is 4.53. The molecule has 0 saturated heterocycles. The lowest BCUT2D eigenvalue weighted by Crippen LogP contribution is -2.37. The summed E-state index contributed by atoms with van der Waals surface area (Å²) in [5.74, 6) is 0.751. The summed E-state index contributed by atoms with van der Waals surface area (Å²) in [4.78, 5) is 18.6. The first-order valence-electron chi connectivity index (χ1n) is 13.4. The topological polar surface area (TPSA) is 84.7 Å². The van der Waals surface area contributed by atoms with Crippen molar-refractivity contribution in [1.29, 1.82) is 0 Å². The van der Waals surface area contributed by atoms with Gasteiger partial charge in [-0.3, -0.25) is 14.7 Å². The molecule has 0 radical (unpaired) electrons. The Morgan fingerprint density at radius 3 is 2.21 bits per heavy atom. The van der Waals surface area contributed by atoms with Crippen molar-refractivity contribution in [2.45, 2.75) is 38.6 Å². The van der Waals surface area contributed by atoms with E-state index in [-0.39, 0.29) is 30.4 Å². The first kappa shape index (κ1) is 35.2. The van der Waals surface area contributed by atoms with Crippen LogP contribution in [0.2, 0.25) is 0 Å². The van der Waals surface area contributed by atoms with Crippen LogP contribution in [0.3, 0.4) is 0 Å². The van der Waals surface area contributed by atoms with Gasteiger partial charge in [-0.2, -0.15) is 4.31 Å². The molecule has 2 aromatic heterocycles. The molecule has 4 rings (SSSR count). The molecule has 0 saturated carbocycles. The van der Waals surface area contributed by atoms with Crippen molar-refractivity contribution in [1.82, 2.24) is 18.8 Å². The van der Waals surface area contributed by atoms with Gasteiger partial charge >= 0.3 is 0 Å². The first-order chi connectivity index (χ1) is 19.1. The minimum Gasteiger partial charge on any atom is -0.494 e. The molecule has 0 amide bonds. The highest BCUT2D eigenvalue weighted by Gasteiger charge is 2.25. The maximum atomic E-state index is 13.5. The summed E-state index contributed by atoms with van der Waals surface area (Å²) in [7, 11) is -0.211. The third-order valence-corrected chi connectivity index (χ3v) is 9.31. The number of halogens is 2. The van der Waals surface area contributed by atoms with Gasteiger partial charge in [-0.05, 0) is 80.3 Å². The Labute approximate surface area is 261 Å². The third kappa shape index (κ3) is 8.55. The summed E-state index contributed by atoms with van der Waals surface area (Å²) in [5, 5.41) is 0.946. The molecule has 0 fully saturated rings. The zero-order valence-electron chi connectivity index (χ0n) is 24.7. The molecule has 11 heteroatoms. The lowest BCUT2D eigenvalue weighted by atomic mass is 10.1. The van der Waals surface area contributed by atoms with Crippen LogP contribution in [-0.2, 0) is 23.6 Å². The summed E-state index contributed by atoms with van der Waals surface area (Å²) < 4.78 is 36.0. The Morgan fingerprint density at radius 1 is 0.881 bits per heavy atom. The number of ether oxygens (including phenoxy) is 1. The Hall–Kier alpha value is -2.95. The molecule has 0 bridgehead atoms. The molecule has 0 aliphatic carbocycles. The molecule has 42 heavy (non-hydrogen) atoms. The molecule has 228 valence electrons. The van der Waals surface area contributed by atoms with Gasteiger partial charge in [0.05, 0.1) is 17.0 Å². The predicted octanol–water partition coefficient (Wildman–Crippen LogP) is 5.29. The number of hydrogen-bond donors (Lipinski definition) is 0. The fourth-order valence-corrected chi connectivity index (χ4v) is 6.64. The minimum absolute atomic E-state index is 0. The van der Waals surface area contributed by atoms with Crippen LogP contribution in [-0.4, -0.2) is 60.5 Å². The van der Waals surface area contributed by atoms with E-state index >= 15 is 0 Å². The third-order valence-electron chi connectivity index (χ3n) is 7.14. The standard InChI is InChI=1S/C31H38N4O4S.2ClH/c1-23-19-24(2)31(25(3)20-23)40(37,38)33(4)16-17-35(22-26-11-13-32-14-12-26)15-6-18-39-28-8-9-29-27(21-28)7-10-30(36)34(29)5;;/h7-14,19-21H,6,15-18,22H2,1-5H3;2*1H. The minimum atomic E-state index is -3.62. The summed E-state index contributed by atoms with van der Waals surface area (Å²) in [6, 6.07) is 16.9. The lowest BCUT2D eigenvalue weighted by Gasteiger charge is -2.26. The second-order valence-electron chi connectivity index (χ2n) is 10.3. The number of aryl methyl sites for hydroxylation is 4. The number of fused-ring (bicyclic) bond motifs is 1. The molecule has 8 nitrogen and oxygen atoms in total. The van der Waals surface area contributed by atoms with Gasteiger partial charge in [-0.25, -0.2) is 8.42 Å². The molecule has 0 N–H and O–H groups in total. The molecule has 0 unspecified atom stereocenters. The quantitative estimate of drug-likeness (QED) is 0.197. The van der Waals surface area contributed by atoms with E-state index in [0.717, 1.165) is 51.9 Å². The van der Waals surface area contributed by atoms with Gasteiger partial charge in [0.1, 0.15) is 5.75 Å². The summed E-state index contributed by atoms with van der Waals surface area (Å²) >= 11 is 0. The highest BCUT2D eigenvalue weighted by molar-refractivity contribution is 7.89. The normalized spacial score (nSPS) is 11.4. The van der Waals surface area contributed by atoms with Crippen molar-refractivity contribution in [3.8, 4) is 5.75 Å². The Morgan fingerprint density at radius 2 is 1.55 bits per heavy atom. The van der Waals surface area contributed by atoms with Gasteiger partial charge < -0.3 is 9.30 Å². The molecule has 0 spiro atoms. The summed E-state index contributed by atoms with van der Waals surface area (Å²) in [6.07, 6.45) is 4.31. The molecule has 2 aromatic carbocycles. The first-order valence-corrected chi connectivity index (χ1v) is 14.9. The van der Waals surface area contributed by atoms with Gasteiger partial charge in [0.25, 0.3) is 5.56 Å². The van der Waals surface area contributed by atoms with Crippen LogP contribution in [0, 0.1) is 20.8 Å². The van der Waals surface area contributed by atoms with Crippen molar-refractivity contribution in [3.63, 3.8) is 0 Å². The van der Waals surface area contributed by atoms with E-state index in [1.165, 1.54) is 4.31 Å². The molecular formula is C31H40Cl2N4O4S. The highest BCUT2D eigenvalue weighted by Crippen LogP contribution is 2.25. The molecule has 0 aliphatic heterocycles. The van der Waals surface area contributed by atoms with Crippen LogP contribution < -0.4 is 10.3 Å². The Bertz CT molecular complexity index is 1620. The van der Waals surface area contributed by atoms with E-state index < -0.39 is 10.0 Å². The second kappa shape index (κ2) is 15.5. The fourth-order valence-electron chi connectivity index (χ4n) is 5.08. The van der Waals surface area contributed by atoms with Crippen molar-refractivity contribution >= 4 is 45.7 Å². The van der Waals surface area contributed by atoms with Crippen molar-refractivity contribution in [2.75, 3.05) is 33.3 Å². The number of pyridine rings is 2. The maximum absolute atomic E-state index is 13.5. The average molecular weight is 636 g/mol. The number of rotatable bonds is 12. The van der Waals surface area contributed by atoms with Crippen molar-refractivity contribution in [2.24, 2.45) is 7.05 Å². The van der Waals surface area contributed by atoms with E-state index in [4.69, 9.17) is 4.74 Å². The fraction of sp³-hybridized carbons (Fsp3) is 0.355. The van der Waals surface area contributed by atoms with Crippen LogP contribution in [0.5, 0.6) is 5.75 Å². The van der Waals surface area contributed by atoms with Crippen LogP contribution >= 0.6 is 24.8 Å². The number of hydrogen-bond acceptors (Lipinski definition) is 6. The van der Waals surface area contributed by atoms with Crippen LogP contribution in [0.1, 0.15) is 28.7 Å². The predicted molar refractivity (Wildman–Crippen MR) is 174 cm³/mol. The van der Waals surface area contributed by atoms with Crippen LogP contribution in [0.25, 0.3) is 10.9 Å². The second-order valence-corrected chi connectivity index (χ2v) is 12.3. The Kier molecular flexibility index (Phi) is 13.0. The van der Waals surface area contributed by atoms with E-state index in [1.54, 1.807) is 37.1 Å². The van der Waals surface area contributed by atoms with Gasteiger partial charge in [-0.1, -0.05) is 17.7 Å². The highest BCUT2D eigenvalue weighted by atomic mass is 35.5. The van der Waals surface area contributed by atoms with Gasteiger partial charge in [0, 0.05) is 64.1 Å². The van der Waals surface area contributed by atoms with E-state index in [1.807, 2.05) is 69.3 Å². The molecule has 2 heterocycles. The van der Waals surface area contributed by atoms with Gasteiger partial charge in [-0.15, -0.1) is 24.8 Å². The zero-order chi connectivity index (χ0) is 28.9. The number of likely N-dealkylation sites (N-methyl/N-ethyl adjacent to an activating group) is 1. The SMILES string of the molecule is Cc1cc(C)c(S(=O)(=O)N(C)CCN(CCCOc2ccc3c(ccc(=O)n3C)c2)Cc2ccncc2)c(C)c1.Cl.Cl. The smallest absolute Gasteiger partial charge is 0.250 e. The number of benzene rings is 2. The molecule has 0 aliphatic rings. The lowest BCUT2D eigenvalue weighted by molar-refractivity contribution is 0.219. The van der Waals surface area contributed by atoms with Crippen LogP contribution in [0.4, 0.5) is 0 Å². The van der Waals surface area contributed by atoms with Crippen molar-refractivity contribution < 1.29 is 13.2 Å². The average Bonchev–Trinajstić information content (AvgIpc) is 2.91. The van der Waals surface area contributed by atoms with E-state index in [9.17, 15) is 13.2 Å². The molecule has 0 atom stereocenters. The molecule has 4 aromatic rings. The summed E-state index contributed by atoms with van der Waals surface area (Å²) in [6.45, 7) is 8.56. The number of aromatic nitrogens is 2. The van der Waals surface area contributed by atoms with E-state index in [2.05, 4.69) is 9.88 Å². The van der Waals surface area contributed by atoms with Gasteiger partial charge in [0.15, 0.2) is 0 Å². The van der Waals surface area contributed by atoms with E-state index in [0.29, 0.717) is 31.1 Å². The Balaban J connectivity index is 0.00000308. The van der Waals surface area contributed by atoms with Crippen LogP contribution in [0.15, 0.2) is 76.7 Å². The van der Waals surface area contributed by atoms with Crippen molar-refractivity contribution in [3.05, 3.63) is 99.6 Å². The van der Waals surface area contributed by atoms with Gasteiger partial charge in [0.2, 0.25) is 10.0 Å². The molecular weight excluding hydrogens is 595 g/mol. The zero-order valence-corrected chi connectivity index (χ0v) is 27.2. The number of sulfonamides is 1.